The molecule has 0 radical (unpaired) electrons. The van der Waals surface area contributed by atoms with Crippen LogP contribution < -0.4 is 9.64 Å². The summed E-state index contributed by atoms with van der Waals surface area (Å²) in [5.41, 5.74) is 0.938. The molecule has 8 heteroatoms. The Hall–Kier alpha value is -1.93. The number of methoxy groups -OCH3 is 1. The van der Waals surface area contributed by atoms with Crippen molar-refractivity contribution < 1.29 is 24.0 Å². The fourth-order valence-corrected chi connectivity index (χ4v) is 2.70. The highest BCUT2D eigenvalue weighted by molar-refractivity contribution is 9.10. The van der Waals surface area contributed by atoms with Gasteiger partial charge in [0, 0.05) is 17.1 Å². The van der Waals surface area contributed by atoms with Gasteiger partial charge in [0.15, 0.2) is 6.67 Å². The summed E-state index contributed by atoms with van der Waals surface area (Å²) >= 11 is 3.40. The predicted octanol–water partition coefficient (Wildman–Crippen LogP) is -0.150. The van der Waals surface area contributed by atoms with Crippen LogP contribution in [0.3, 0.4) is 0 Å². The van der Waals surface area contributed by atoms with E-state index in [0.29, 0.717) is 6.54 Å². The highest BCUT2D eigenvalue weighted by Gasteiger charge is 2.43. The molecule has 1 aromatic rings. The first-order valence-corrected chi connectivity index (χ1v) is 7.41. The first-order valence-electron chi connectivity index (χ1n) is 6.62. The Kier molecular flexibility index (Phi) is 4.82. The molecule has 1 heterocycles. The zero-order valence-electron chi connectivity index (χ0n) is 12.6. The Morgan fingerprint density at radius 1 is 1.23 bits per heavy atom. The van der Waals surface area contributed by atoms with Crippen LogP contribution in [0.5, 0.6) is 5.75 Å². The molecule has 1 atom stereocenters. The second-order valence-electron chi connectivity index (χ2n) is 5.13. The lowest BCUT2D eigenvalue weighted by molar-refractivity contribution is -0.901. The van der Waals surface area contributed by atoms with Crippen LogP contribution >= 0.6 is 15.9 Å². The van der Waals surface area contributed by atoms with Gasteiger partial charge in [-0.2, -0.15) is 0 Å². The molecular formula is C14H17BrN3O4+. The Balaban J connectivity index is 2.09. The number of amides is 4. The van der Waals surface area contributed by atoms with Crippen LogP contribution in [0, 0.1) is 0 Å². The molecule has 2 rings (SSSR count). The number of nitrogens with one attached hydrogen (secondary N) is 1. The van der Waals surface area contributed by atoms with Crippen LogP contribution in [0.2, 0.25) is 0 Å². The molecule has 118 valence electrons. The van der Waals surface area contributed by atoms with E-state index in [1.165, 1.54) is 7.05 Å². The molecule has 0 spiro atoms. The summed E-state index contributed by atoms with van der Waals surface area (Å²) in [6.07, 6.45) is 0. The quantitative estimate of drug-likeness (QED) is 0.578. The van der Waals surface area contributed by atoms with Crippen LogP contribution in [-0.2, 0) is 16.1 Å². The molecule has 1 fully saturated rings. The van der Waals surface area contributed by atoms with Gasteiger partial charge >= 0.3 is 17.8 Å². The predicted molar refractivity (Wildman–Crippen MR) is 81.2 cm³/mol. The number of hydrogen-bond donors (Lipinski definition) is 1. The summed E-state index contributed by atoms with van der Waals surface area (Å²) in [4.78, 5) is 37.8. The van der Waals surface area contributed by atoms with Gasteiger partial charge in [-0.15, -0.1) is 0 Å². The van der Waals surface area contributed by atoms with Crippen molar-refractivity contribution in [2.75, 3.05) is 27.9 Å². The number of rotatable bonds is 5. The lowest BCUT2D eigenvalue weighted by Gasteiger charge is -2.20. The van der Waals surface area contributed by atoms with Crippen LogP contribution in [0.4, 0.5) is 4.79 Å². The van der Waals surface area contributed by atoms with Crippen molar-refractivity contribution in [1.29, 1.82) is 0 Å². The van der Waals surface area contributed by atoms with Gasteiger partial charge in [0.1, 0.15) is 12.3 Å². The number of likely N-dealkylation sites (N-methyl/N-ethyl adjacent to an activating group) is 1. The Morgan fingerprint density at radius 2 is 1.91 bits per heavy atom. The van der Waals surface area contributed by atoms with Crippen LogP contribution in [0.15, 0.2) is 22.7 Å². The number of benzene rings is 1. The SMILES string of the molecule is COc1ccc(Br)cc1C[NH+](C)CN1C(=O)C(=O)N(C)C1=O. The molecule has 22 heavy (non-hydrogen) atoms. The number of halogens is 1. The first kappa shape index (κ1) is 16.4. The minimum Gasteiger partial charge on any atom is -0.496 e. The van der Waals surface area contributed by atoms with E-state index in [2.05, 4.69) is 15.9 Å². The molecule has 1 aromatic carbocycles. The molecule has 1 aliphatic rings. The van der Waals surface area contributed by atoms with Gasteiger partial charge < -0.3 is 9.64 Å². The molecule has 7 nitrogen and oxygen atoms in total. The topological polar surface area (TPSA) is 71.4 Å². The maximum Gasteiger partial charge on any atom is 0.338 e. The van der Waals surface area contributed by atoms with E-state index in [1.54, 1.807) is 7.11 Å². The summed E-state index contributed by atoms with van der Waals surface area (Å²) < 4.78 is 6.22. The van der Waals surface area contributed by atoms with Crippen molar-refractivity contribution in [3.8, 4) is 5.75 Å². The monoisotopic (exact) mass is 370 g/mol. The van der Waals surface area contributed by atoms with E-state index < -0.39 is 17.8 Å². The zero-order chi connectivity index (χ0) is 16.4. The highest BCUT2D eigenvalue weighted by atomic mass is 79.9. The second kappa shape index (κ2) is 6.45. The Morgan fingerprint density at radius 3 is 2.45 bits per heavy atom. The molecular weight excluding hydrogens is 354 g/mol. The average Bonchev–Trinajstić information content (AvgIpc) is 2.65. The molecule has 1 aliphatic heterocycles. The number of imide groups is 2. The lowest BCUT2D eigenvalue weighted by Crippen LogP contribution is -3.09. The van der Waals surface area contributed by atoms with Crippen LogP contribution in [0.25, 0.3) is 0 Å². The zero-order valence-corrected chi connectivity index (χ0v) is 14.1. The van der Waals surface area contributed by atoms with Gasteiger partial charge in [-0.25, -0.2) is 9.69 Å². The van der Waals surface area contributed by atoms with E-state index >= 15 is 0 Å². The average molecular weight is 371 g/mol. The number of nitrogens with zero attached hydrogens (tertiary/aromatic N) is 2. The van der Waals surface area contributed by atoms with Gasteiger partial charge in [0.2, 0.25) is 0 Å². The van der Waals surface area contributed by atoms with Crippen molar-refractivity contribution >= 4 is 33.8 Å². The van der Waals surface area contributed by atoms with E-state index in [-0.39, 0.29) is 6.67 Å². The maximum absolute atomic E-state index is 11.9. The molecule has 4 amide bonds. The van der Waals surface area contributed by atoms with Gasteiger partial charge in [0.05, 0.1) is 14.2 Å². The normalized spacial score (nSPS) is 16.5. The fourth-order valence-electron chi connectivity index (χ4n) is 2.29. The van der Waals surface area contributed by atoms with E-state index in [9.17, 15) is 14.4 Å². The second-order valence-corrected chi connectivity index (χ2v) is 6.04. The number of hydrogen-bond acceptors (Lipinski definition) is 4. The van der Waals surface area contributed by atoms with Crippen LogP contribution in [-0.4, -0.2) is 55.5 Å². The number of ether oxygens (including phenoxy) is 1. The third-order valence-corrected chi connectivity index (χ3v) is 3.91. The molecule has 0 saturated carbocycles. The van der Waals surface area contributed by atoms with Crippen molar-refractivity contribution in [3.63, 3.8) is 0 Å². The van der Waals surface area contributed by atoms with Gasteiger partial charge in [-0.1, -0.05) is 15.9 Å². The van der Waals surface area contributed by atoms with Crippen molar-refractivity contribution in [1.82, 2.24) is 9.80 Å². The molecule has 1 N–H and O–H groups in total. The van der Waals surface area contributed by atoms with Crippen LogP contribution in [0.1, 0.15) is 5.56 Å². The third kappa shape index (κ3) is 3.12. The maximum atomic E-state index is 11.9. The lowest BCUT2D eigenvalue weighted by atomic mass is 10.2. The highest BCUT2D eigenvalue weighted by Crippen LogP contribution is 2.22. The number of carbonyl (C=O) groups is 3. The molecule has 0 aromatic heterocycles. The molecule has 1 unspecified atom stereocenters. The number of quaternary nitrogens is 1. The van der Waals surface area contributed by atoms with Crippen molar-refractivity contribution in [2.24, 2.45) is 0 Å². The van der Waals surface area contributed by atoms with Crippen molar-refractivity contribution in [3.05, 3.63) is 28.2 Å². The van der Waals surface area contributed by atoms with E-state index in [4.69, 9.17) is 4.74 Å². The Labute approximate surface area is 136 Å². The third-order valence-electron chi connectivity index (χ3n) is 3.41. The van der Waals surface area contributed by atoms with Gasteiger partial charge in [-0.05, 0) is 18.2 Å². The summed E-state index contributed by atoms with van der Waals surface area (Å²) in [5.74, 6) is -0.847. The number of carbonyl (C=O) groups excluding carboxylic acids is 3. The van der Waals surface area contributed by atoms with Gasteiger partial charge in [-0.3, -0.25) is 14.5 Å². The van der Waals surface area contributed by atoms with Gasteiger partial charge in [0.25, 0.3) is 0 Å². The minimum absolute atomic E-state index is 0.114. The smallest absolute Gasteiger partial charge is 0.338 e. The summed E-state index contributed by atoms with van der Waals surface area (Å²) in [7, 11) is 4.72. The largest absolute Gasteiger partial charge is 0.496 e. The summed E-state index contributed by atoms with van der Waals surface area (Å²) in [6.45, 7) is 0.654. The molecule has 0 aliphatic carbocycles. The van der Waals surface area contributed by atoms with E-state index in [0.717, 1.165) is 30.5 Å². The number of urea groups is 1. The minimum atomic E-state index is -0.794. The van der Waals surface area contributed by atoms with Crippen molar-refractivity contribution in [2.45, 2.75) is 6.54 Å². The van der Waals surface area contributed by atoms with E-state index in [1.807, 2.05) is 25.2 Å². The fraction of sp³-hybridized carbons (Fsp3) is 0.357. The molecule has 1 saturated heterocycles. The molecule has 0 bridgehead atoms. The summed E-state index contributed by atoms with van der Waals surface area (Å²) in [5, 5.41) is 0. The Bertz CT molecular complexity index is 635. The first-order chi connectivity index (χ1) is 10.3. The summed E-state index contributed by atoms with van der Waals surface area (Å²) in [6, 6.07) is 5.05. The standard InChI is InChI=1S/C14H16BrN3O4/c1-16(7-9-6-10(15)4-5-11(9)22-3)8-18-13(20)12(19)17(2)14(18)21/h4-6H,7-8H2,1-3H3/p+1.